The van der Waals surface area contributed by atoms with E-state index in [1.807, 2.05) is 0 Å². The van der Waals surface area contributed by atoms with Gasteiger partial charge in [0, 0.05) is 18.6 Å². The minimum atomic E-state index is -3.82. The summed E-state index contributed by atoms with van der Waals surface area (Å²) in [5.41, 5.74) is 0.774. The standard InChI is InChI=1S/C16H15BrClNO5S/c1-19(8-10-3-4-13-14(5-10)24-9-23-13)25(20,21)15-7-11(18)6-12(17)16(15)22-2/h3-7H,8-9H2,1-2H3. The van der Waals surface area contributed by atoms with Crippen molar-refractivity contribution in [3.05, 3.63) is 45.4 Å². The Kier molecular flexibility index (Phi) is 5.15. The van der Waals surface area contributed by atoms with Gasteiger partial charge in [-0.05, 0) is 45.8 Å². The van der Waals surface area contributed by atoms with Crippen LogP contribution in [0.4, 0.5) is 0 Å². The lowest BCUT2D eigenvalue weighted by atomic mass is 10.2. The summed E-state index contributed by atoms with van der Waals surface area (Å²) >= 11 is 9.29. The Morgan fingerprint density at radius 1 is 1.24 bits per heavy atom. The van der Waals surface area contributed by atoms with Crippen molar-refractivity contribution in [2.24, 2.45) is 0 Å². The summed E-state index contributed by atoms with van der Waals surface area (Å²) in [7, 11) is -0.915. The zero-order chi connectivity index (χ0) is 18.2. The molecule has 3 rings (SSSR count). The van der Waals surface area contributed by atoms with Gasteiger partial charge in [-0.2, -0.15) is 4.31 Å². The van der Waals surface area contributed by atoms with Crippen LogP contribution in [-0.2, 0) is 16.6 Å². The van der Waals surface area contributed by atoms with Crippen LogP contribution in [0.2, 0.25) is 5.02 Å². The molecule has 0 amide bonds. The van der Waals surface area contributed by atoms with E-state index in [9.17, 15) is 8.42 Å². The van der Waals surface area contributed by atoms with E-state index in [-0.39, 0.29) is 24.0 Å². The molecule has 0 aromatic heterocycles. The summed E-state index contributed by atoms with van der Waals surface area (Å²) < 4.78 is 43.4. The number of rotatable bonds is 5. The molecule has 2 aromatic rings. The van der Waals surface area contributed by atoms with E-state index >= 15 is 0 Å². The Bertz CT molecular complexity index is 919. The molecular weight excluding hydrogens is 434 g/mol. The van der Waals surface area contributed by atoms with Gasteiger partial charge in [-0.3, -0.25) is 0 Å². The molecule has 0 saturated heterocycles. The average molecular weight is 449 g/mol. The van der Waals surface area contributed by atoms with Crippen molar-refractivity contribution in [3.63, 3.8) is 0 Å². The van der Waals surface area contributed by atoms with Crippen LogP contribution in [0.1, 0.15) is 5.56 Å². The van der Waals surface area contributed by atoms with Crippen molar-refractivity contribution in [2.45, 2.75) is 11.4 Å². The van der Waals surface area contributed by atoms with Crippen molar-refractivity contribution in [2.75, 3.05) is 21.0 Å². The fourth-order valence-corrected chi connectivity index (χ4v) is 5.00. The van der Waals surface area contributed by atoms with Crippen LogP contribution in [0.15, 0.2) is 39.7 Å². The third kappa shape index (κ3) is 3.57. The van der Waals surface area contributed by atoms with E-state index in [0.29, 0.717) is 21.0 Å². The van der Waals surface area contributed by atoms with Crippen molar-refractivity contribution >= 4 is 37.6 Å². The molecule has 134 valence electrons. The smallest absolute Gasteiger partial charge is 0.246 e. The van der Waals surface area contributed by atoms with Crippen molar-refractivity contribution in [1.82, 2.24) is 4.31 Å². The van der Waals surface area contributed by atoms with Gasteiger partial charge in [0.25, 0.3) is 0 Å². The quantitative estimate of drug-likeness (QED) is 0.698. The number of methoxy groups -OCH3 is 1. The maximum absolute atomic E-state index is 13.0. The van der Waals surface area contributed by atoms with Crippen LogP contribution in [-0.4, -0.2) is 33.7 Å². The number of halogens is 2. The topological polar surface area (TPSA) is 65.1 Å². The summed E-state index contributed by atoms with van der Waals surface area (Å²) in [5.74, 6) is 1.46. The lowest BCUT2D eigenvalue weighted by Gasteiger charge is -2.20. The molecule has 0 unspecified atom stereocenters. The molecule has 0 bridgehead atoms. The molecule has 6 nitrogen and oxygen atoms in total. The molecule has 1 heterocycles. The average Bonchev–Trinajstić information content (AvgIpc) is 3.01. The molecule has 1 aliphatic rings. The lowest BCUT2D eigenvalue weighted by molar-refractivity contribution is 0.174. The summed E-state index contributed by atoms with van der Waals surface area (Å²) in [6.45, 7) is 0.326. The normalized spacial score (nSPS) is 13.3. The van der Waals surface area contributed by atoms with Crippen LogP contribution in [0.3, 0.4) is 0 Å². The number of benzene rings is 2. The van der Waals surface area contributed by atoms with E-state index < -0.39 is 10.0 Å². The molecule has 25 heavy (non-hydrogen) atoms. The molecule has 0 fully saturated rings. The second-order valence-corrected chi connectivity index (χ2v) is 8.67. The zero-order valence-electron chi connectivity index (χ0n) is 13.5. The molecule has 9 heteroatoms. The van der Waals surface area contributed by atoms with Gasteiger partial charge in [0.1, 0.15) is 4.90 Å². The lowest BCUT2D eigenvalue weighted by Crippen LogP contribution is -2.27. The van der Waals surface area contributed by atoms with Crippen LogP contribution in [0.5, 0.6) is 17.2 Å². The minimum absolute atomic E-state index is 0.00221. The molecule has 0 aliphatic carbocycles. The Morgan fingerprint density at radius 2 is 1.96 bits per heavy atom. The predicted molar refractivity (Wildman–Crippen MR) is 96.9 cm³/mol. The van der Waals surface area contributed by atoms with E-state index in [0.717, 1.165) is 5.56 Å². The first-order chi connectivity index (χ1) is 11.8. The molecule has 0 N–H and O–H groups in total. The van der Waals surface area contributed by atoms with Gasteiger partial charge in [0.15, 0.2) is 17.2 Å². The number of nitrogens with zero attached hydrogens (tertiary/aromatic N) is 1. The van der Waals surface area contributed by atoms with Crippen LogP contribution in [0.25, 0.3) is 0 Å². The van der Waals surface area contributed by atoms with Crippen LogP contribution >= 0.6 is 27.5 Å². The number of fused-ring (bicyclic) bond motifs is 1. The number of sulfonamides is 1. The number of ether oxygens (including phenoxy) is 3. The van der Waals surface area contributed by atoms with Crippen molar-refractivity contribution < 1.29 is 22.6 Å². The summed E-state index contributed by atoms with van der Waals surface area (Å²) in [5, 5.41) is 0.294. The Morgan fingerprint density at radius 3 is 2.68 bits per heavy atom. The molecule has 2 aromatic carbocycles. The summed E-state index contributed by atoms with van der Waals surface area (Å²) in [4.78, 5) is -0.00221. The third-order valence-electron chi connectivity index (χ3n) is 3.71. The second-order valence-electron chi connectivity index (χ2n) is 5.37. The second kappa shape index (κ2) is 7.03. The van der Waals surface area contributed by atoms with Gasteiger partial charge in [-0.1, -0.05) is 17.7 Å². The Hall–Kier alpha value is -1.48. The fraction of sp³-hybridized carbons (Fsp3) is 0.250. The molecule has 0 radical (unpaired) electrons. The maximum Gasteiger partial charge on any atom is 0.246 e. The fourth-order valence-electron chi connectivity index (χ4n) is 2.48. The number of hydrogen-bond acceptors (Lipinski definition) is 5. The van der Waals surface area contributed by atoms with Crippen molar-refractivity contribution in [3.8, 4) is 17.2 Å². The Labute approximate surface area is 159 Å². The molecular formula is C16H15BrClNO5S. The van der Waals surface area contributed by atoms with E-state index in [4.69, 9.17) is 25.8 Å². The minimum Gasteiger partial charge on any atom is -0.494 e. The highest BCUT2D eigenvalue weighted by Crippen LogP contribution is 2.37. The largest absolute Gasteiger partial charge is 0.494 e. The SMILES string of the molecule is COc1c(Br)cc(Cl)cc1S(=O)(=O)N(C)Cc1ccc2c(c1)OCO2. The van der Waals surface area contributed by atoms with E-state index in [2.05, 4.69) is 15.9 Å². The van der Waals surface area contributed by atoms with Crippen LogP contribution < -0.4 is 14.2 Å². The molecule has 0 spiro atoms. The van der Waals surface area contributed by atoms with Gasteiger partial charge in [-0.25, -0.2) is 8.42 Å². The number of hydrogen-bond donors (Lipinski definition) is 0. The van der Waals surface area contributed by atoms with Gasteiger partial charge in [0.2, 0.25) is 16.8 Å². The first-order valence-corrected chi connectivity index (χ1v) is 9.82. The first kappa shape index (κ1) is 18.3. The molecule has 0 atom stereocenters. The Balaban J connectivity index is 1.92. The predicted octanol–water partition coefficient (Wildman–Crippen LogP) is 3.66. The highest BCUT2D eigenvalue weighted by Gasteiger charge is 2.27. The summed E-state index contributed by atoms with van der Waals surface area (Å²) in [6, 6.07) is 8.27. The third-order valence-corrected chi connectivity index (χ3v) is 6.32. The van der Waals surface area contributed by atoms with E-state index in [1.165, 1.54) is 24.5 Å². The maximum atomic E-state index is 13.0. The first-order valence-electron chi connectivity index (χ1n) is 7.21. The molecule has 1 aliphatic heterocycles. The van der Waals surface area contributed by atoms with Crippen molar-refractivity contribution in [1.29, 1.82) is 0 Å². The monoisotopic (exact) mass is 447 g/mol. The van der Waals surface area contributed by atoms with Gasteiger partial charge in [0.05, 0.1) is 11.6 Å². The van der Waals surface area contributed by atoms with E-state index in [1.54, 1.807) is 24.3 Å². The van der Waals surface area contributed by atoms with Gasteiger partial charge < -0.3 is 14.2 Å². The highest BCUT2D eigenvalue weighted by atomic mass is 79.9. The summed E-state index contributed by atoms with van der Waals surface area (Å²) in [6.07, 6.45) is 0. The van der Waals surface area contributed by atoms with Gasteiger partial charge in [-0.15, -0.1) is 0 Å². The molecule has 0 saturated carbocycles. The van der Waals surface area contributed by atoms with Crippen LogP contribution in [0, 0.1) is 0 Å². The zero-order valence-corrected chi connectivity index (χ0v) is 16.6. The highest BCUT2D eigenvalue weighted by molar-refractivity contribution is 9.10. The van der Waals surface area contributed by atoms with Gasteiger partial charge >= 0.3 is 0 Å².